The van der Waals surface area contributed by atoms with Crippen molar-refractivity contribution in [2.24, 2.45) is 0 Å². The molecule has 0 saturated carbocycles. The molecule has 0 heterocycles. The van der Waals surface area contributed by atoms with Crippen molar-refractivity contribution < 1.29 is 9.90 Å². The fourth-order valence-electron chi connectivity index (χ4n) is 1.21. The van der Waals surface area contributed by atoms with Crippen LogP contribution in [-0.4, -0.2) is 25.2 Å². The van der Waals surface area contributed by atoms with Crippen molar-refractivity contribution in [3.63, 3.8) is 0 Å². The van der Waals surface area contributed by atoms with Gasteiger partial charge < -0.3 is 10.0 Å². The molecular weight excluding hydrogens is 178 g/mol. The molecule has 3 heteroatoms. The predicted molar refractivity (Wildman–Crippen MR) is 56.8 cm³/mol. The first kappa shape index (κ1) is 10.6. The Balaban J connectivity index is 2.99. The van der Waals surface area contributed by atoms with Crippen LogP contribution in [0.3, 0.4) is 0 Å². The number of hydrogen-bond donors (Lipinski definition) is 1. The van der Waals surface area contributed by atoms with Gasteiger partial charge in [0.1, 0.15) is 0 Å². The summed E-state index contributed by atoms with van der Waals surface area (Å²) >= 11 is 0. The molecule has 1 rings (SSSR count). The molecule has 1 unspecified atom stereocenters. The van der Waals surface area contributed by atoms with Gasteiger partial charge in [0.05, 0.1) is 5.92 Å². The van der Waals surface area contributed by atoms with Crippen LogP contribution in [0.5, 0.6) is 0 Å². The first-order valence-electron chi connectivity index (χ1n) is 4.52. The van der Waals surface area contributed by atoms with Crippen molar-refractivity contribution in [3.8, 4) is 0 Å². The molecule has 1 atom stereocenters. The highest BCUT2D eigenvalue weighted by molar-refractivity contribution is 5.76. The van der Waals surface area contributed by atoms with E-state index in [0.717, 1.165) is 11.3 Å². The van der Waals surface area contributed by atoms with Crippen LogP contribution in [0.1, 0.15) is 18.4 Å². The molecule has 1 aromatic rings. The van der Waals surface area contributed by atoms with Crippen LogP contribution in [0.4, 0.5) is 5.69 Å². The van der Waals surface area contributed by atoms with Gasteiger partial charge in [-0.2, -0.15) is 0 Å². The third-order valence-corrected chi connectivity index (χ3v) is 2.26. The van der Waals surface area contributed by atoms with E-state index in [1.807, 2.05) is 43.3 Å². The molecule has 0 aliphatic rings. The highest BCUT2D eigenvalue weighted by atomic mass is 16.4. The summed E-state index contributed by atoms with van der Waals surface area (Å²) in [6, 6.07) is 7.58. The number of anilines is 1. The van der Waals surface area contributed by atoms with Crippen molar-refractivity contribution in [1.29, 1.82) is 0 Å². The number of benzene rings is 1. The summed E-state index contributed by atoms with van der Waals surface area (Å²) in [5.74, 6) is -1.24. The van der Waals surface area contributed by atoms with Gasteiger partial charge in [0.25, 0.3) is 0 Å². The summed E-state index contributed by atoms with van der Waals surface area (Å²) in [5.41, 5.74) is 1.86. The zero-order chi connectivity index (χ0) is 10.7. The number of carbonyl (C=O) groups is 1. The lowest BCUT2D eigenvalue weighted by Crippen LogP contribution is -2.11. The van der Waals surface area contributed by atoms with E-state index in [1.165, 1.54) is 0 Å². The number of rotatable bonds is 3. The van der Waals surface area contributed by atoms with E-state index >= 15 is 0 Å². The summed E-state index contributed by atoms with van der Waals surface area (Å²) in [4.78, 5) is 12.7. The van der Waals surface area contributed by atoms with Crippen molar-refractivity contribution in [1.82, 2.24) is 0 Å². The maximum atomic E-state index is 10.8. The Labute approximate surface area is 84.0 Å². The van der Waals surface area contributed by atoms with Gasteiger partial charge in [-0.05, 0) is 24.6 Å². The number of aliphatic carboxylic acids is 1. The summed E-state index contributed by atoms with van der Waals surface area (Å²) < 4.78 is 0. The van der Waals surface area contributed by atoms with E-state index in [4.69, 9.17) is 5.11 Å². The number of carboxylic acid groups (broad SMARTS) is 1. The van der Waals surface area contributed by atoms with E-state index in [0.29, 0.717) is 0 Å². The Kier molecular flexibility index (Phi) is 3.12. The Hall–Kier alpha value is -1.51. The number of carboxylic acids is 1. The molecule has 0 aromatic heterocycles. The average molecular weight is 193 g/mol. The van der Waals surface area contributed by atoms with Gasteiger partial charge in [-0.1, -0.05) is 12.1 Å². The third-order valence-electron chi connectivity index (χ3n) is 2.26. The van der Waals surface area contributed by atoms with E-state index < -0.39 is 11.9 Å². The summed E-state index contributed by atoms with van der Waals surface area (Å²) in [6.45, 7) is 1.69. The van der Waals surface area contributed by atoms with Gasteiger partial charge in [0, 0.05) is 19.8 Å². The van der Waals surface area contributed by atoms with Crippen molar-refractivity contribution in [2.75, 3.05) is 19.0 Å². The second-order valence-electron chi connectivity index (χ2n) is 3.55. The van der Waals surface area contributed by atoms with Crippen molar-refractivity contribution in [3.05, 3.63) is 29.8 Å². The van der Waals surface area contributed by atoms with Gasteiger partial charge in [-0.3, -0.25) is 4.79 Å². The number of hydrogen-bond acceptors (Lipinski definition) is 2. The number of nitrogens with zero attached hydrogens (tertiary/aromatic N) is 1. The molecule has 76 valence electrons. The Bertz CT molecular complexity index is 334. The van der Waals surface area contributed by atoms with Crippen LogP contribution in [-0.2, 0) is 4.79 Å². The SMILES string of the molecule is CC(C(=O)O)c1cccc(N(C)C)c1. The van der Waals surface area contributed by atoms with Crippen LogP contribution in [0.15, 0.2) is 24.3 Å². The van der Waals surface area contributed by atoms with Crippen molar-refractivity contribution in [2.45, 2.75) is 12.8 Å². The molecule has 3 nitrogen and oxygen atoms in total. The highest BCUT2D eigenvalue weighted by Crippen LogP contribution is 2.20. The highest BCUT2D eigenvalue weighted by Gasteiger charge is 2.13. The lowest BCUT2D eigenvalue weighted by Gasteiger charge is -2.14. The third kappa shape index (κ3) is 2.25. The molecule has 14 heavy (non-hydrogen) atoms. The monoisotopic (exact) mass is 193 g/mol. The van der Waals surface area contributed by atoms with Gasteiger partial charge in [0.2, 0.25) is 0 Å². The van der Waals surface area contributed by atoms with Crippen LogP contribution < -0.4 is 4.90 Å². The zero-order valence-corrected chi connectivity index (χ0v) is 8.69. The second kappa shape index (κ2) is 4.13. The van der Waals surface area contributed by atoms with Crippen molar-refractivity contribution >= 4 is 11.7 Å². The largest absolute Gasteiger partial charge is 0.481 e. The molecular formula is C11H15NO2. The van der Waals surface area contributed by atoms with E-state index in [-0.39, 0.29) is 0 Å². The predicted octanol–water partition coefficient (Wildman–Crippen LogP) is 1.94. The molecule has 0 radical (unpaired) electrons. The summed E-state index contributed by atoms with van der Waals surface area (Å²) in [6.07, 6.45) is 0. The fourth-order valence-corrected chi connectivity index (χ4v) is 1.21. The molecule has 0 aliphatic carbocycles. The maximum absolute atomic E-state index is 10.8. The van der Waals surface area contributed by atoms with Crippen LogP contribution in [0, 0.1) is 0 Å². The maximum Gasteiger partial charge on any atom is 0.310 e. The first-order valence-corrected chi connectivity index (χ1v) is 4.52. The molecule has 0 spiro atoms. The Morgan fingerprint density at radius 1 is 1.43 bits per heavy atom. The smallest absolute Gasteiger partial charge is 0.310 e. The molecule has 0 saturated heterocycles. The second-order valence-corrected chi connectivity index (χ2v) is 3.55. The molecule has 0 fully saturated rings. The minimum Gasteiger partial charge on any atom is -0.481 e. The minimum atomic E-state index is -0.791. The van der Waals surface area contributed by atoms with Gasteiger partial charge in [-0.25, -0.2) is 0 Å². The summed E-state index contributed by atoms with van der Waals surface area (Å²) in [5, 5.41) is 8.85. The lowest BCUT2D eigenvalue weighted by molar-refractivity contribution is -0.138. The van der Waals surface area contributed by atoms with Gasteiger partial charge in [-0.15, -0.1) is 0 Å². The minimum absolute atomic E-state index is 0.449. The topological polar surface area (TPSA) is 40.5 Å². The Morgan fingerprint density at radius 3 is 2.57 bits per heavy atom. The molecule has 1 N–H and O–H groups in total. The quantitative estimate of drug-likeness (QED) is 0.797. The standard InChI is InChI=1S/C11H15NO2/c1-8(11(13)14)9-5-4-6-10(7-9)12(2)3/h4-8H,1-3H3,(H,13,14). The molecule has 1 aromatic carbocycles. The van der Waals surface area contributed by atoms with E-state index in [9.17, 15) is 4.79 Å². The van der Waals surface area contributed by atoms with Crippen LogP contribution in [0.2, 0.25) is 0 Å². The zero-order valence-electron chi connectivity index (χ0n) is 8.69. The van der Waals surface area contributed by atoms with Gasteiger partial charge in [0.15, 0.2) is 0 Å². The lowest BCUT2D eigenvalue weighted by atomic mass is 10.0. The van der Waals surface area contributed by atoms with E-state index in [1.54, 1.807) is 6.92 Å². The molecule has 0 aliphatic heterocycles. The molecule has 0 amide bonds. The van der Waals surface area contributed by atoms with Crippen LogP contribution in [0.25, 0.3) is 0 Å². The average Bonchev–Trinajstić information content (AvgIpc) is 2.16. The normalized spacial score (nSPS) is 12.2. The fraction of sp³-hybridized carbons (Fsp3) is 0.364. The van der Waals surface area contributed by atoms with Gasteiger partial charge >= 0.3 is 5.97 Å². The first-order chi connectivity index (χ1) is 6.52. The summed E-state index contributed by atoms with van der Waals surface area (Å²) in [7, 11) is 3.87. The van der Waals surface area contributed by atoms with E-state index in [2.05, 4.69) is 0 Å². The van der Waals surface area contributed by atoms with Crippen LogP contribution >= 0.6 is 0 Å². The molecule has 0 bridgehead atoms. The Morgan fingerprint density at radius 2 is 2.07 bits per heavy atom.